The summed E-state index contributed by atoms with van der Waals surface area (Å²) in [4.78, 5) is 0. The number of methoxy groups -OCH3 is 1. The molecular weight excluding hydrogens is 270 g/mol. The van der Waals surface area contributed by atoms with E-state index in [9.17, 15) is 0 Å². The first-order valence-corrected chi connectivity index (χ1v) is 7.94. The maximum atomic E-state index is 5.28. The molecule has 0 fully saturated rings. The minimum absolute atomic E-state index is 0.362. The number of rotatable bonds is 2. The van der Waals surface area contributed by atoms with Crippen LogP contribution in [0.25, 0.3) is 0 Å². The lowest BCUT2D eigenvalue weighted by Crippen LogP contribution is -2.29. The molecule has 0 bridgehead atoms. The summed E-state index contributed by atoms with van der Waals surface area (Å²) >= 11 is 0. The maximum Gasteiger partial charge on any atom is 0.118 e. The van der Waals surface area contributed by atoms with Crippen LogP contribution < -0.4 is 10.1 Å². The Morgan fingerprint density at radius 2 is 1.91 bits per heavy atom. The van der Waals surface area contributed by atoms with E-state index in [1.165, 1.54) is 22.4 Å². The average Bonchev–Trinajstić information content (AvgIpc) is 3.04. The van der Waals surface area contributed by atoms with Crippen molar-refractivity contribution < 1.29 is 4.74 Å². The Hall–Kier alpha value is -2.22. The topological polar surface area (TPSA) is 21.3 Å². The number of hydrogen-bond acceptors (Lipinski definition) is 2. The highest BCUT2D eigenvalue weighted by molar-refractivity contribution is 5.60. The number of fused-ring (bicyclic) bond motifs is 3. The SMILES string of the molecule is COc1ccc([C@@H]2Nc3ccc(C)cc3[C@@H]3C=CC[C@@H]32)cc1. The third-order valence-electron chi connectivity index (χ3n) is 4.99. The van der Waals surface area contributed by atoms with E-state index >= 15 is 0 Å². The molecule has 112 valence electrons. The lowest BCUT2D eigenvalue weighted by Gasteiger charge is -2.37. The van der Waals surface area contributed by atoms with Gasteiger partial charge in [-0.05, 0) is 48.6 Å². The van der Waals surface area contributed by atoms with Crippen molar-refractivity contribution in [2.45, 2.75) is 25.3 Å². The van der Waals surface area contributed by atoms with Crippen LogP contribution in [0.3, 0.4) is 0 Å². The number of ether oxygens (including phenoxy) is 1. The molecule has 0 spiro atoms. The highest BCUT2D eigenvalue weighted by atomic mass is 16.5. The van der Waals surface area contributed by atoms with Crippen LogP contribution in [0, 0.1) is 12.8 Å². The molecule has 2 aliphatic rings. The molecule has 0 aromatic heterocycles. The van der Waals surface area contributed by atoms with Gasteiger partial charge in [0.25, 0.3) is 0 Å². The Labute approximate surface area is 131 Å². The average molecular weight is 291 g/mol. The molecule has 0 saturated heterocycles. The molecule has 1 aliphatic heterocycles. The molecule has 2 aromatic carbocycles. The highest BCUT2D eigenvalue weighted by Gasteiger charge is 2.37. The molecule has 1 aliphatic carbocycles. The normalized spacial score (nSPS) is 25.3. The molecule has 1 heterocycles. The summed E-state index contributed by atoms with van der Waals surface area (Å²) in [6, 6.07) is 15.6. The molecule has 22 heavy (non-hydrogen) atoms. The standard InChI is InChI=1S/C20H21NO/c1-13-6-11-19-18(12-13)16-4-3-5-17(16)20(21-19)14-7-9-15(22-2)10-8-14/h3-4,6-12,16-17,20-21H,5H2,1-2H3/t16-,17+,20+/m1/s1. The maximum absolute atomic E-state index is 5.28. The van der Waals surface area contributed by atoms with Crippen LogP contribution in [0.1, 0.15) is 35.1 Å². The van der Waals surface area contributed by atoms with Gasteiger partial charge >= 0.3 is 0 Å². The van der Waals surface area contributed by atoms with Crippen LogP contribution in [0.2, 0.25) is 0 Å². The Balaban J connectivity index is 1.74. The van der Waals surface area contributed by atoms with Gasteiger partial charge in [0.2, 0.25) is 0 Å². The Bertz CT molecular complexity index is 717. The van der Waals surface area contributed by atoms with Gasteiger partial charge in [0.1, 0.15) is 5.75 Å². The largest absolute Gasteiger partial charge is 0.497 e. The summed E-state index contributed by atoms with van der Waals surface area (Å²) in [6.45, 7) is 2.17. The van der Waals surface area contributed by atoms with Gasteiger partial charge in [0, 0.05) is 11.6 Å². The number of benzene rings is 2. The molecule has 1 N–H and O–H groups in total. The summed E-state index contributed by atoms with van der Waals surface area (Å²) in [6.07, 6.45) is 5.87. The lowest BCUT2D eigenvalue weighted by atomic mass is 9.76. The fraction of sp³-hybridized carbons (Fsp3) is 0.300. The van der Waals surface area contributed by atoms with Crippen LogP contribution in [-0.4, -0.2) is 7.11 Å². The van der Waals surface area contributed by atoms with E-state index in [2.05, 4.69) is 66.9 Å². The van der Waals surface area contributed by atoms with Crippen LogP contribution in [0.4, 0.5) is 5.69 Å². The van der Waals surface area contributed by atoms with Crippen molar-refractivity contribution in [1.29, 1.82) is 0 Å². The number of allylic oxidation sites excluding steroid dienone is 2. The van der Waals surface area contributed by atoms with Crippen LogP contribution in [0.5, 0.6) is 5.75 Å². The summed E-state index contributed by atoms with van der Waals surface area (Å²) < 4.78 is 5.28. The Morgan fingerprint density at radius 3 is 2.68 bits per heavy atom. The van der Waals surface area contributed by atoms with Crippen molar-refractivity contribution in [2.75, 3.05) is 12.4 Å². The van der Waals surface area contributed by atoms with Crippen molar-refractivity contribution >= 4 is 5.69 Å². The predicted octanol–water partition coefficient (Wildman–Crippen LogP) is 4.83. The second kappa shape index (κ2) is 5.20. The van der Waals surface area contributed by atoms with Crippen LogP contribution >= 0.6 is 0 Å². The molecular formula is C20H21NO. The lowest BCUT2D eigenvalue weighted by molar-refractivity contribution is 0.411. The molecule has 3 atom stereocenters. The first-order chi connectivity index (χ1) is 10.8. The van der Waals surface area contributed by atoms with Gasteiger partial charge in [-0.3, -0.25) is 0 Å². The Kier molecular flexibility index (Phi) is 3.18. The number of hydrogen-bond donors (Lipinski definition) is 1. The van der Waals surface area contributed by atoms with E-state index in [4.69, 9.17) is 4.74 Å². The van der Waals surface area contributed by atoms with E-state index in [0.717, 1.165) is 12.2 Å². The van der Waals surface area contributed by atoms with E-state index in [1.54, 1.807) is 7.11 Å². The molecule has 4 rings (SSSR count). The van der Waals surface area contributed by atoms with Crippen molar-refractivity contribution in [2.24, 2.45) is 5.92 Å². The second-order valence-corrected chi connectivity index (χ2v) is 6.34. The van der Waals surface area contributed by atoms with Gasteiger partial charge in [-0.1, -0.05) is 42.0 Å². The summed E-state index contributed by atoms with van der Waals surface area (Å²) in [7, 11) is 1.71. The monoisotopic (exact) mass is 291 g/mol. The van der Waals surface area contributed by atoms with Gasteiger partial charge < -0.3 is 10.1 Å². The summed E-state index contributed by atoms with van der Waals surface area (Å²) in [5.41, 5.74) is 5.40. The van der Waals surface area contributed by atoms with Crippen LogP contribution in [0.15, 0.2) is 54.6 Å². The molecule has 0 amide bonds. The zero-order valence-electron chi connectivity index (χ0n) is 13.0. The van der Waals surface area contributed by atoms with E-state index in [-0.39, 0.29) is 0 Å². The van der Waals surface area contributed by atoms with E-state index < -0.39 is 0 Å². The van der Waals surface area contributed by atoms with Gasteiger partial charge in [-0.2, -0.15) is 0 Å². The summed E-state index contributed by atoms with van der Waals surface area (Å²) in [5.74, 6) is 2.04. The zero-order valence-corrected chi connectivity index (χ0v) is 13.0. The molecule has 2 heteroatoms. The minimum Gasteiger partial charge on any atom is -0.497 e. The summed E-state index contributed by atoms with van der Waals surface area (Å²) in [5, 5.41) is 3.77. The number of anilines is 1. The molecule has 2 nitrogen and oxygen atoms in total. The van der Waals surface area contributed by atoms with Crippen molar-refractivity contribution in [3.8, 4) is 5.75 Å². The van der Waals surface area contributed by atoms with Gasteiger partial charge in [-0.15, -0.1) is 0 Å². The second-order valence-electron chi connectivity index (χ2n) is 6.34. The fourth-order valence-electron chi connectivity index (χ4n) is 3.86. The van der Waals surface area contributed by atoms with Crippen LogP contribution in [-0.2, 0) is 0 Å². The van der Waals surface area contributed by atoms with E-state index in [0.29, 0.717) is 17.9 Å². The first-order valence-electron chi connectivity index (χ1n) is 7.94. The van der Waals surface area contributed by atoms with Crippen molar-refractivity contribution in [1.82, 2.24) is 0 Å². The molecule has 0 radical (unpaired) electrons. The highest BCUT2D eigenvalue weighted by Crippen LogP contribution is 2.49. The number of aryl methyl sites for hydroxylation is 1. The van der Waals surface area contributed by atoms with Gasteiger partial charge in [0.15, 0.2) is 0 Å². The molecule has 0 saturated carbocycles. The zero-order chi connectivity index (χ0) is 15.1. The van der Waals surface area contributed by atoms with Gasteiger partial charge in [0.05, 0.1) is 13.2 Å². The van der Waals surface area contributed by atoms with E-state index in [1.807, 2.05) is 0 Å². The minimum atomic E-state index is 0.362. The Morgan fingerprint density at radius 1 is 1.09 bits per heavy atom. The fourth-order valence-corrected chi connectivity index (χ4v) is 3.86. The van der Waals surface area contributed by atoms with Crippen molar-refractivity contribution in [3.05, 3.63) is 71.3 Å². The first kappa shape index (κ1) is 13.4. The quantitative estimate of drug-likeness (QED) is 0.800. The number of nitrogens with one attached hydrogen (secondary N) is 1. The molecule has 2 aromatic rings. The third kappa shape index (κ3) is 2.10. The van der Waals surface area contributed by atoms with Gasteiger partial charge in [-0.25, -0.2) is 0 Å². The third-order valence-corrected chi connectivity index (χ3v) is 4.99. The van der Waals surface area contributed by atoms with Crippen molar-refractivity contribution in [3.63, 3.8) is 0 Å². The molecule has 0 unspecified atom stereocenters. The predicted molar refractivity (Wildman–Crippen MR) is 90.5 cm³/mol. The smallest absolute Gasteiger partial charge is 0.118 e.